The number of hydrogen-bond acceptors (Lipinski definition) is 4. The van der Waals surface area contributed by atoms with E-state index in [0.29, 0.717) is 0 Å². The molecule has 0 fully saturated rings. The number of anilines is 1. The minimum Gasteiger partial charge on any atom is -0.325 e. The van der Waals surface area contributed by atoms with E-state index in [1.165, 1.54) is 28.5 Å². The van der Waals surface area contributed by atoms with Crippen LogP contribution in [0.25, 0.3) is 16.8 Å². The second-order valence-electron chi connectivity index (χ2n) is 7.55. The third kappa shape index (κ3) is 4.24. The van der Waals surface area contributed by atoms with Gasteiger partial charge in [0.05, 0.1) is 17.0 Å². The number of nitrogens with one attached hydrogen (secondary N) is 1. The summed E-state index contributed by atoms with van der Waals surface area (Å²) in [7, 11) is 0. The fourth-order valence-corrected chi connectivity index (χ4v) is 4.10. The standard InChI is InChI=1S/C24H24N4OS/c1-15-5-8-20(18(4)11-15)26-23(29)14-30-24-22-13-21(27-28(22)10-9-25-24)19-7-6-16(2)17(3)12-19/h5-13H,14H2,1-4H3,(H,26,29). The molecule has 0 radical (unpaired) electrons. The van der Waals surface area contributed by atoms with E-state index in [1.54, 1.807) is 6.20 Å². The molecule has 6 heteroatoms. The van der Waals surface area contributed by atoms with Gasteiger partial charge in [0.15, 0.2) is 0 Å². The first-order chi connectivity index (χ1) is 14.4. The summed E-state index contributed by atoms with van der Waals surface area (Å²) in [5, 5.41) is 8.47. The zero-order chi connectivity index (χ0) is 21.3. The second-order valence-corrected chi connectivity index (χ2v) is 8.51. The third-order valence-electron chi connectivity index (χ3n) is 5.15. The number of aromatic nitrogens is 3. The van der Waals surface area contributed by atoms with E-state index in [4.69, 9.17) is 5.10 Å². The van der Waals surface area contributed by atoms with Gasteiger partial charge in [-0.3, -0.25) is 4.79 Å². The fourth-order valence-electron chi connectivity index (χ4n) is 3.33. The number of hydrogen-bond donors (Lipinski definition) is 1. The zero-order valence-electron chi connectivity index (χ0n) is 17.6. The molecule has 0 saturated carbocycles. The van der Waals surface area contributed by atoms with Crippen LogP contribution < -0.4 is 5.32 Å². The molecule has 0 saturated heterocycles. The number of thioether (sulfide) groups is 1. The first-order valence-electron chi connectivity index (χ1n) is 9.82. The highest BCUT2D eigenvalue weighted by Gasteiger charge is 2.12. The molecule has 2 heterocycles. The number of carbonyl (C=O) groups is 1. The molecule has 1 N–H and O–H groups in total. The van der Waals surface area contributed by atoms with Gasteiger partial charge in [0, 0.05) is 23.6 Å². The molecule has 0 aliphatic carbocycles. The van der Waals surface area contributed by atoms with Gasteiger partial charge in [-0.2, -0.15) is 5.10 Å². The highest BCUT2D eigenvalue weighted by Crippen LogP contribution is 2.27. The first kappa shape index (κ1) is 20.2. The molecule has 30 heavy (non-hydrogen) atoms. The quantitative estimate of drug-likeness (QED) is 0.445. The molecular formula is C24H24N4OS. The number of amides is 1. The molecular weight excluding hydrogens is 392 g/mol. The molecule has 0 aliphatic rings. The Kier molecular flexibility index (Phi) is 5.59. The lowest BCUT2D eigenvalue weighted by Crippen LogP contribution is -2.15. The molecule has 0 atom stereocenters. The van der Waals surface area contributed by atoms with Crippen LogP contribution in [0.15, 0.2) is 59.9 Å². The van der Waals surface area contributed by atoms with E-state index in [0.717, 1.165) is 33.1 Å². The van der Waals surface area contributed by atoms with E-state index in [1.807, 2.05) is 42.8 Å². The Balaban J connectivity index is 1.52. The van der Waals surface area contributed by atoms with Crippen molar-refractivity contribution in [3.63, 3.8) is 0 Å². The topological polar surface area (TPSA) is 59.3 Å². The van der Waals surface area contributed by atoms with Crippen LogP contribution in [-0.2, 0) is 4.79 Å². The highest BCUT2D eigenvalue weighted by atomic mass is 32.2. The third-order valence-corrected chi connectivity index (χ3v) is 6.15. The van der Waals surface area contributed by atoms with Crippen molar-refractivity contribution in [2.45, 2.75) is 32.7 Å². The van der Waals surface area contributed by atoms with Gasteiger partial charge in [0.2, 0.25) is 5.91 Å². The van der Waals surface area contributed by atoms with Crippen LogP contribution in [0, 0.1) is 27.7 Å². The summed E-state index contributed by atoms with van der Waals surface area (Å²) < 4.78 is 1.82. The van der Waals surface area contributed by atoms with Crippen LogP contribution in [-0.4, -0.2) is 26.3 Å². The van der Waals surface area contributed by atoms with Crippen molar-refractivity contribution in [2.75, 3.05) is 11.1 Å². The summed E-state index contributed by atoms with van der Waals surface area (Å²) in [5.41, 5.74) is 8.45. The average Bonchev–Trinajstić information content (AvgIpc) is 3.15. The zero-order valence-corrected chi connectivity index (χ0v) is 18.4. The SMILES string of the molecule is Cc1ccc(NC(=O)CSc2nccn3nc(-c4ccc(C)c(C)c4)cc23)c(C)c1. The normalized spacial score (nSPS) is 11.1. The molecule has 2 aromatic heterocycles. The number of nitrogens with zero attached hydrogens (tertiary/aromatic N) is 3. The van der Waals surface area contributed by atoms with E-state index in [2.05, 4.69) is 48.4 Å². The van der Waals surface area contributed by atoms with Crippen LogP contribution in [0.1, 0.15) is 22.3 Å². The van der Waals surface area contributed by atoms with Crippen LogP contribution in [0.4, 0.5) is 5.69 Å². The maximum atomic E-state index is 12.5. The van der Waals surface area contributed by atoms with Crippen molar-refractivity contribution < 1.29 is 4.79 Å². The molecule has 152 valence electrons. The second kappa shape index (κ2) is 8.32. The van der Waals surface area contributed by atoms with Gasteiger partial charge in [-0.1, -0.05) is 41.6 Å². The predicted molar refractivity (Wildman–Crippen MR) is 123 cm³/mol. The minimum atomic E-state index is -0.0512. The Morgan fingerprint density at radius 2 is 1.83 bits per heavy atom. The molecule has 2 aromatic carbocycles. The number of carbonyl (C=O) groups excluding carboxylic acids is 1. The van der Waals surface area contributed by atoms with E-state index in [9.17, 15) is 4.79 Å². The molecule has 5 nitrogen and oxygen atoms in total. The van der Waals surface area contributed by atoms with Crippen molar-refractivity contribution in [2.24, 2.45) is 0 Å². The van der Waals surface area contributed by atoms with Gasteiger partial charge in [0.1, 0.15) is 5.03 Å². The van der Waals surface area contributed by atoms with Crippen molar-refractivity contribution in [3.05, 3.63) is 77.1 Å². The lowest BCUT2D eigenvalue weighted by molar-refractivity contribution is -0.113. The van der Waals surface area contributed by atoms with Gasteiger partial charge in [-0.15, -0.1) is 0 Å². The maximum Gasteiger partial charge on any atom is 0.234 e. The summed E-state index contributed by atoms with van der Waals surface area (Å²) >= 11 is 1.42. The lowest BCUT2D eigenvalue weighted by atomic mass is 10.0. The van der Waals surface area contributed by atoms with Gasteiger partial charge < -0.3 is 5.32 Å². The summed E-state index contributed by atoms with van der Waals surface area (Å²) in [6.07, 6.45) is 3.55. The fraction of sp³-hybridized carbons (Fsp3) is 0.208. The Morgan fingerprint density at radius 1 is 1.00 bits per heavy atom. The largest absolute Gasteiger partial charge is 0.325 e. The Bertz CT molecular complexity index is 1250. The van der Waals surface area contributed by atoms with Crippen LogP contribution in [0.3, 0.4) is 0 Å². The highest BCUT2D eigenvalue weighted by molar-refractivity contribution is 8.00. The van der Waals surface area contributed by atoms with Gasteiger partial charge in [-0.05, 0) is 62.6 Å². The van der Waals surface area contributed by atoms with Crippen molar-refractivity contribution in [1.82, 2.24) is 14.6 Å². The van der Waals surface area contributed by atoms with Gasteiger partial charge in [0.25, 0.3) is 0 Å². The Labute approximate surface area is 180 Å². The summed E-state index contributed by atoms with van der Waals surface area (Å²) in [6, 6.07) is 14.4. The smallest absolute Gasteiger partial charge is 0.234 e. The number of fused-ring (bicyclic) bond motifs is 1. The van der Waals surface area contributed by atoms with Crippen molar-refractivity contribution in [1.29, 1.82) is 0 Å². The number of rotatable bonds is 5. The van der Waals surface area contributed by atoms with Crippen LogP contribution >= 0.6 is 11.8 Å². The number of benzene rings is 2. The van der Waals surface area contributed by atoms with E-state index in [-0.39, 0.29) is 11.7 Å². The summed E-state index contributed by atoms with van der Waals surface area (Å²) in [5.74, 6) is 0.231. The molecule has 0 aliphatic heterocycles. The first-order valence-corrected chi connectivity index (χ1v) is 10.8. The lowest BCUT2D eigenvalue weighted by Gasteiger charge is -2.09. The Hall–Kier alpha value is -3.12. The number of aryl methyl sites for hydroxylation is 4. The van der Waals surface area contributed by atoms with E-state index < -0.39 is 0 Å². The minimum absolute atomic E-state index is 0.0512. The van der Waals surface area contributed by atoms with Gasteiger partial charge in [-0.25, -0.2) is 9.50 Å². The predicted octanol–water partition coefficient (Wildman–Crippen LogP) is 5.36. The summed E-state index contributed by atoms with van der Waals surface area (Å²) in [6.45, 7) is 8.24. The van der Waals surface area contributed by atoms with E-state index >= 15 is 0 Å². The maximum absolute atomic E-state index is 12.5. The molecule has 4 rings (SSSR count). The monoisotopic (exact) mass is 416 g/mol. The molecule has 0 spiro atoms. The summed E-state index contributed by atoms with van der Waals surface area (Å²) in [4.78, 5) is 16.9. The van der Waals surface area contributed by atoms with Crippen molar-refractivity contribution in [3.8, 4) is 11.3 Å². The average molecular weight is 417 g/mol. The Morgan fingerprint density at radius 3 is 2.60 bits per heavy atom. The van der Waals surface area contributed by atoms with Crippen LogP contribution in [0.2, 0.25) is 0 Å². The van der Waals surface area contributed by atoms with Gasteiger partial charge >= 0.3 is 0 Å². The molecule has 0 unspecified atom stereocenters. The molecule has 4 aromatic rings. The molecule has 1 amide bonds. The van der Waals surface area contributed by atoms with Crippen molar-refractivity contribution >= 4 is 28.9 Å². The molecule has 0 bridgehead atoms. The van der Waals surface area contributed by atoms with Crippen LogP contribution in [0.5, 0.6) is 0 Å².